The number of carbonyl (C=O) groups excluding carboxylic acids is 1. The van der Waals surface area contributed by atoms with E-state index in [2.05, 4.69) is 10.4 Å². The molecule has 0 spiro atoms. The van der Waals surface area contributed by atoms with Crippen LogP contribution in [0.5, 0.6) is 5.75 Å². The summed E-state index contributed by atoms with van der Waals surface area (Å²) in [5.41, 5.74) is 0.770. The molecule has 0 saturated heterocycles. The molecule has 6 nitrogen and oxygen atoms in total. The molecule has 0 atom stereocenters. The minimum absolute atomic E-state index is 0.0282. The Hall–Kier alpha value is -3.07. The van der Waals surface area contributed by atoms with E-state index in [1.165, 1.54) is 16.8 Å². The van der Waals surface area contributed by atoms with Crippen LogP contribution in [0.2, 0.25) is 15.1 Å². The fourth-order valence-electron chi connectivity index (χ4n) is 2.88. The van der Waals surface area contributed by atoms with E-state index in [9.17, 15) is 13.6 Å². The van der Waals surface area contributed by atoms with Crippen LogP contribution in [0.4, 0.5) is 14.6 Å². The number of furan rings is 1. The highest BCUT2D eigenvalue weighted by Crippen LogP contribution is 2.25. The normalized spacial score (nSPS) is 10.9. The molecule has 1 amide bonds. The summed E-state index contributed by atoms with van der Waals surface area (Å²) in [4.78, 5) is 12.5. The number of rotatable bonds is 7. The summed E-state index contributed by atoms with van der Waals surface area (Å²) in [5.74, 6) is -1.92. The summed E-state index contributed by atoms with van der Waals surface area (Å²) in [5, 5.41) is 8.03. The first-order chi connectivity index (χ1) is 15.8. The van der Waals surface area contributed by atoms with Crippen molar-refractivity contribution in [1.82, 2.24) is 9.78 Å². The molecule has 0 aliphatic rings. The van der Waals surface area contributed by atoms with Crippen molar-refractivity contribution in [2.24, 2.45) is 0 Å². The number of benzene rings is 2. The average Bonchev–Trinajstić information content (AvgIpc) is 3.36. The molecule has 1 N–H and O–H groups in total. The number of aromatic nitrogens is 2. The molecule has 0 unspecified atom stereocenters. The Balaban J connectivity index is 1.39. The number of hydrogen-bond donors (Lipinski definition) is 1. The Morgan fingerprint density at radius 2 is 1.88 bits per heavy atom. The first-order valence-corrected chi connectivity index (χ1v) is 10.6. The van der Waals surface area contributed by atoms with Crippen LogP contribution in [0.1, 0.15) is 21.9 Å². The van der Waals surface area contributed by atoms with Gasteiger partial charge >= 0.3 is 0 Å². The molecular weight excluding hydrogens is 499 g/mol. The molecule has 11 heteroatoms. The van der Waals surface area contributed by atoms with Gasteiger partial charge in [-0.3, -0.25) is 9.48 Å². The topological polar surface area (TPSA) is 69.3 Å². The summed E-state index contributed by atoms with van der Waals surface area (Å²) >= 11 is 18.3. The second kappa shape index (κ2) is 9.82. The van der Waals surface area contributed by atoms with E-state index in [1.54, 1.807) is 24.4 Å². The van der Waals surface area contributed by atoms with E-state index in [0.29, 0.717) is 22.7 Å². The van der Waals surface area contributed by atoms with E-state index in [-0.39, 0.29) is 34.7 Å². The number of carbonyl (C=O) groups is 1. The van der Waals surface area contributed by atoms with Crippen molar-refractivity contribution in [1.29, 1.82) is 0 Å². The minimum atomic E-state index is -0.843. The third-order valence-electron chi connectivity index (χ3n) is 4.45. The first kappa shape index (κ1) is 23.1. The quantitative estimate of drug-likeness (QED) is 0.303. The molecule has 33 heavy (non-hydrogen) atoms. The number of nitrogens with zero attached hydrogens (tertiary/aromatic N) is 2. The molecule has 0 aliphatic heterocycles. The van der Waals surface area contributed by atoms with E-state index >= 15 is 0 Å². The third-order valence-corrected chi connectivity index (χ3v) is 5.31. The van der Waals surface area contributed by atoms with Crippen LogP contribution >= 0.6 is 34.8 Å². The third kappa shape index (κ3) is 5.65. The Kier molecular flexibility index (Phi) is 6.88. The van der Waals surface area contributed by atoms with Crippen molar-refractivity contribution in [2.45, 2.75) is 13.2 Å². The van der Waals surface area contributed by atoms with E-state index in [1.807, 2.05) is 0 Å². The van der Waals surface area contributed by atoms with E-state index < -0.39 is 17.5 Å². The van der Waals surface area contributed by atoms with Gasteiger partial charge < -0.3 is 14.5 Å². The molecule has 0 saturated carbocycles. The molecule has 0 aliphatic carbocycles. The molecule has 0 bridgehead atoms. The highest BCUT2D eigenvalue weighted by Gasteiger charge is 2.17. The van der Waals surface area contributed by atoms with Crippen molar-refractivity contribution < 1.29 is 22.7 Å². The highest BCUT2D eigenvalue weighted by molar-refractivity contribution is 6.35. The molecule has 0 radical (unpaired) electrons. The SMILES string of the molecule is O=C(Nc1nn(Cc2ccc(Cl)cc2Cl)cc1Cl)c1ccc(COc2ccc(F)cc2F)o1. The Labute approximate surface area is 201 Å². The second-order valence-corrected chi connectivity index (χ2v) is 8.09. The predicted octanol–water partition coefficient (Wildman–Crippen LogP) is 6.59. The highest BCUT2D eigenvalue weighted by atomic mass is 35.5. The first-order valence-electron chi connectivity index (χ1n) is 9.43. The molecule has 4 rings (SSSR count). The number of halogens is 5. The monoisotopic (exact) mass is 511 g/mol. The molecule has 2 aromatic heterocycles. The summed E-state index contributed by atoms with van der Waals surface area (Å²) < 4.78 is 38.8. The van der Waals surface area contributed by atoms with Crippen LogP contribution in [-0.2, 0) is 13.2 Å². The van der Waals surface area contributed by atoms with Gasteiger partial charge in [0, 0.05) is 22.3 Å². The van der Waals surface area contributed by atoms with Crippen molar-refractivity contribution in [3.05, 3.63) is 98.5 Å². The Morgan fingerprint density at radius 3 is 2.64 bits per heavy atom. The van der Waals surface area contributed by atoms with Gasteiger partial charge in [0.05, 0.1) is 6.54 Å². The van der Waals surface area contributed by atoms with Crippen molar-refractivity contribution in [3.63, 3.8) is 0 Å². The molecule has 0 fully saturated rings. The van der Waals surface area contributed by atoms with Gasteiger partial charge in [-0.15, -0.1) is 0 Å². The summed E-state index contributed by atoms with van der Waals surface area (Å²) in [6.45, 7) is 0.154. The standard InChI is InChI=1S/C22H14Cl3F2N3O3/c23-13-2-1-12(16(24)7-13)9-30-10-17(25)21(29-30)28-22(31)20-6-4-15(33-20)11-32-19-5-3-14(26)8-18(19)27/h1-8,10H,9,11H2,(H,28,29,31). The largest absolute Gasteiger partial charge is 0.483 e. The lowest BCUT2D eigenvalue weighted by Crippen LogP contribution is -2.12. The van der Waals surface area contributed by atoms with Crippen LogP contribution in [0, 0.1) is 11.6 Å². The Bertz CT molecular complexity index is 1320. The molecule has 2 heterocycles. The Morgan fingerprint density at radius 1 is 1.06 bits per heavy atom. The fraction of sp³-hybridized carbons (Fsp3) is 0.0909. The summed E-state index contributed by atoms with van der Waals surface area (Å²) in [6, 6.07) is 11.0. The fourth-order valence-corrected chi connectivity index (χ4v) is 3.54. The maximum Gasteiger partial charge on any atom is 0.292 e. The van der Waals surface area contributed by atoms with Crippen molar-refractivity contribution in [3.8, 4) is 5.75 Å². The average molecular weight is 513 g/mol. The van der Waals surface area contributed by atoms with Gasteiger partial charge in [0.25, 0.3) is 5.91 Å². The van der Waals surface area contributed by atoms with E-state index in [4.69, 9.17) is 44.0 Å². The maximum absolute atomic E-state index is 13.7. The van der Waals surface area contributed by atoms with Crippen LogP contribution in [0.15, 0.2) is 59.1 Å². The van der Waals surface area contributed by atoms with Gasteiger partial charge in [-0.05, 0) is 42.0 Å². The summed E-state index contributed by atoms with van der Waals surface area (Å²) in [6.07, 6.45) is 1.54. The molecule has 170 valence electrons. The lowest BCUT2D eigenvalue weighted by Gasteiger charge is -2.05. The molecule has 4 aromatic rings. The van der Waals surface area contributed by atoms with Crippen LogP contribution in [-0.4, -0.2) is 15.7 Å². The predicted molar refractivity (Wildman–Crippen MR) is 120 cm³/mol. The number of amides is 1. The lowest BCUT2D eigenvalue weighted by atomic mass is 10.2. The van der Waals surface area contributed by atoms with Gasteiger partial charge in [-0.2, -0.15) is 5.10 Å². The van der Waals surface area contributed by atoms with Crippen LogP contribution < -0.4 is 10.1 Å². The van der Waals surface area contributed by atoms with Gasteiger partial charge in [0.1, 0.15) is 23.2 Å². The van der Waals surface area contributed by atoms with Crippen molar-refractivity contribution in [2.75, 3.05) is 5.32 Å². The van der Waals surface area contributed by atoms with Gasteiger partial charge in [-0.25, -0.2) is 8.78 Å². The van der Waals surface area contributed by atoms with Crippen LogP contribution in [0.3, 0.4) is 0 Å². The number of ether oxygens (including phenoxy) is 1. The van der Waals surface area contributed by atoms with Gasteiger partial charge in [0.2, 0.25) is 0 Å². The number of anilines is 1. The molecule has 2 aromatic carbocycles. The van der Waals surface area contributed by atoms with Gasteiger partial charge in [0.15, 0.2) is 23.1 Å². The van der Waals surface area contributed by atoms with Gasteiger partial charge in [-0.1, -0.05) is 40.9 Å². The lowest BCUT2D eigenvalue weighted by molar-refractivity contribution is 0.0992. The zero-order valence-electron chi connectivity index (χ0n) is 16.6. The van der Waals surface area contributed by atoms with Crippen molar-refractivity contribution >= 4 is 46.5 Å². The number of hydrogen-bond acceptors (Lipinski definition) is 4. The molecular formula is C22H14Cl3F2N3O3. The maximum atomic E-state index is 13.7. The minimum Gasteiger partial charge on any atom is -0.483 e. The zero-order chi connectivity index (χ0) is 23.5. The van der Waals surface area contributed by atoms with Crippen LogP contribution in [0.25, 0.3) is 0 Å². The zero-order valence-corrected chi connectivity index (χ0v) is 18.9. The number of nitrogens with one attached hydrogen (secondary N) is 1. The summed E-state index contributed by atoms with van der Waals surface area (Å²) in [7, 11) is 0. The smallest absolute Gasteiger partial charge is 0.292 e. The second-order valence-electron chi connectivity index (χ2n) is 6.84. The van der Waals surface area contributed by atoms with E-state index in [0.717, 1.165) is 17.7 Å².